The van der Waals surface area contributed by atoms with E-state index in [1.807, 2.05) is 37.6 Å². The number of hydrogen-bond acceptors (Lipinski definition) is 10. The van der Waals surface area contributed by atoms with Gasteiger partial charge in [0.25, 0.3) is 5.91 Å². The number of alkyl carbamates (subject to hydrolysis) is 1. The Hall–Kier alpha value is -4.54. The van der Waals surface area contributed by atoms with Crippen LogP contribution in [0.25, 0.3) is 10.8 Å². The highest BCUT2D eigenvalue weighted by molar-refractivity contribution is 7.91. The van der Waals surface area contributed by atoms with E-state index in [9.17, 15) is 27.6 Å². The molecule has 3 aromatic rings. The van der Waals surface area contributed by atoms with E-state index in [-0.39, 0.29) is 36.7 Å². The van der Waals surface area contributed by atoms with Crippen molar-refractivity contribution < 1.29 is 32.3 Å². The molecule has 2 saturated carbocycles. The van der Waals surface area contributed by atoms with Gasteiger partial charge in [0.05, 0.1) is 0 Å². The van der Waals surface area contributed by atoms with E-state index in [2.05, 4.69) is 56.1 Å². The molecule has 0 bridgehead atoms. The third-order valence-corrected chi connectivity index (χ3v) is 12.8. The quantitative estimate of drug-likeness (QED) is 0.208. The molecular formula is C38H47N7O7S2. The maximum absolute atomic E-state index is 14.7. The highest BCUT2D eigenvalue weighted by atomic mass is 32.2. The second kappa shape index (κ2) is 14.6. The topological polar surface area (TPSA) is 179 Å². The van der Waals surface area contributed by atoms with Crippen LogP contribution in [0.4, 0.5) is 9.93 Å². The predicted octanol–water partition coefficient (Wildman–Crippen LogP) is 4.20. The van der Waals surface area contributed by atoms with Crippen molar-refractivity contribution in [3.63, 3.8) is 0 Å². The van der Waals surface area contributed by atoms with Gasteiger partial charge in [0.1, 0.15) is 23.7 Å². The van der Waals surface area contributed by atoms with Crippen LogP contribution in [-0.4, -0.2) is 83.3 Å². The second-order valence-corrected chi connectivity index (χ2v) is 18.2. The highest BCUT2D eigenvalue weighted by Crippen LogP contribution is 2.45. The van der Waals surface area contributed by atoms with Crippen molar-refractivity contribution in [3.05, 3.63) is 71.8 Å². The van der Waals surface area contributed by atoms with Crippen LogP contribution in [0.15, 0.2) is 60.6 Å². The monoisotopic (exact) mass is 777 g/mol. The molecule has 0 spiro atoms. The normalized spacial score (nSPS) is 24.8. The average molecular weight is 778 g/mol. The zero-order valence-electron chi connectivity index (χ0n) is 30.7. The number of carbonyl (C=O) groups is 4. The number of aromatic nitrogens is 1. The Labute approximate surface area is 319 Å². The summed E-state index contributed by atoms with van der Waals surface area (Å²) in [5, 5.41) is 9.69. The summed E-state index contributed by atoms with van der Waals surface area (Å²) in [6.07, 6.45) is 5.90. The molecule has 2 aliphatic carbocycles. The second-order valence-electron chi connectivity index (χ2n) is 15.9. The summed E-state index contributed by atoms with van der Waals surface area (Å²) in [5.41, 5.74) is -0.0528. The van der Waals surface area contributed by atoms with E-state index >= 15 is 0 Å². The van der Waals surface area contributed by atoms with Crippen molar-refractivity contribution in [1.29, 1.82) is 0 Å². The molecule has 1 saturated heterocycles. The van der Waals surface area contributed by atoms with E-state index in [1.165, 1.54) is 22.6 Å². The van der Waals surface area contributed by atoms with Crippen molar-refractivity contribution in [2.45, 2.75) is 102 Å². The van der Waals surface area contributed by atoms with Crippen LogP contribution in [0.5, 0.6) is 0 Å². The molecule has 4 N–H and O–H groups in total. The number of ether oxygens (including phenoxy) is 1. The predicted molar refractivity (Wildman–Crippen MR) is 204 cm³/mol. The molecule has 0 unspecified atom stereocenters. The fraction of sp³-hybridized carbons (Fsp3) is 0.500. The van der Waals surface area contributed by atoms with Gasteiger partial charge >= 0.3 is 16.3 Å². The molecule has 2 aliphatic heterocycles. The summed E-state index contributed by atoms with van der Waals surface area (Å²) in [7, 11) is -4.38. The first-order valence-corrected chi connectivity index (χ1v) is 20.7. The first-order chi connectivity index (χ1) is 25.7. The molecule has 4 aliphatic rings. The number of nitrogens with one attached hydrogen (secondary N) is 4. The minimum absolute atomic E-state index is 0.0707. The van der Waals surface area contributed by atoms with E-state index in [1.54, 1.807) is 5.38 Å². The number of nitrogens with zero attached hydrogens (tertiary/aromatic N) is 3. The van der Waals surface area contributed by atoms with Gasteiger partial charge in [-0.05, 0) is 65.8 Å². The van der Waals surface area contributed by atoms with Crippen LogP contribution >= 0.6 is 11.3 Å². The molecule has 14 nitrogen and oxygen atoms in total. The Bertz CT molecular complexity index is 2020. The van der Waals surface area contributed by atoms with Gasteiger partial charge in [-0.2, -0.15) is 8.42 Å². The molecule has 3 fully saturated rings. The summed E-state index contributed by atoms with van der Waals surface area (Å²) in [6.45, 7) is 10.7. The maximum atomic E-state index is 14.7. The van der Waals surface area contributed by atoms with Crippen LogP contribution in [0, 0.1) is 11.3 Å². The van der Waals surface area contributed by atoms with Crippen LogP contribution in [0.3, 0.4) is 0 Å². The van der Waals surface area contributed by atoms with Gasteiger partial charge in [0.2, 0.25) is 11.8 Å². The summed E-state index contributed by atoms with van der Waals surface area (Å²) >= 11 is 1.04. The molecule has 4 amide bonds. The standard InChI is InChI=1S/C38H47N7O7S2/c1-5-26-19-38(26,34(48)42-54(50,51)43-35-39-16-17-53-35)41-32(46)29-18-27(44-20-24-12-8-10-23-11-9-13-25(21-44)30(23)24)22-45(29)33(47)31(37(2,3)4)40-36(49)52-28-14-6-7-15-28/h5,8-13,16-17,26-29,31H,1,6-7,14-15,18-22H2,2-4H3,(H,39,43)(H,40,49)(H,41,46)(H,42,48)/t26-,27-,29+,31-,38-/m1/s1. The number of benzene rings is 2. The van der Waals surface area contributed by atoms with Crippen molar-refractivity contribution in [2.75, 3.05) is 11.3 Å². The lowest BCUT2D eigenvalue weighted by Gasteiger charge is -2.36. The van der Waals surface area contributed by atoms with Gasteiger partial charge in [-0.1, -0.05) is 63.2 Å². The molecule has 2 aromatic carbocycles. The van der Waals surface area contributed by atoms with Gasteiger partial charge < -0.3 is 20.3 Å². The van der Waals surface area contributed by atoms with Crippen LogP contribution in [0.2, 0.25) is 0 Å². The summed E-state index contributed by atoms with van der Waals surface area (Å²) < 4.78 is 35.7. The van der Waals surface area contributed by atoms with Crippen molar-refractivity contribution in [2.24, 2.45) is 11.3 Å². The number of rotatable bonds is 11. The number of thiazole rings is 1. The number of anilines is 1. The highest BCUT2D eigenvalue weighted by Gasteiger charge is 2.61. The molecule has 0 radical (unpaired) electrons. The Morgan fingerprint density at radius 2 is 1.76 bits per heavy atom. The number of likely N-dealkylation sites (tertiary alicyclic amines) is 1. The van der Waals surface area contributed by atoms with Crippen LogP contribution in [-0.2, 0) is 42.4 Å². The Balaban J connectivity index is 1.15. The van der Waals surface area contributed by atoms with Gasteiger partial charge in [-0.15, -0.1) is 17.9 Å². The molecule has 54 heavy (non-hydrogen) atoms. The molecule has 3 heterocycles. The Morgan fingerprint density at radius 3 is 2.35 bits per heavy atom. The third-order valence-electron chi connectivity index (χ3n) is 11.1. The number of hydrogen-bond donors (Lipinski definition) is 4. The van der Waals surface area contributed by atoms with Crippen LogP contribution < -0.4 is 20.1 Å². The van der Waals surface area contributed by atoms with E-state index < -0.39 is 63.0 Å². The third kappa shape index (κ3) is 7.68. The number of amides is 4. The first-order valence-electron chi connectivity index (χ1n) is 18.4. The molecular weight excluding hydrogens is 731 g/mol. The number of carbonyl (C=O) groups excluding carboxylic acids is 4. The lowest BCUT2D eigenvalue weighted by molar-refractivity contribution is -0.142. The van der Waals surface area contributed by atoms with Gasteiger partial charge in [0, 0.05) is 43.2 Å². The summed E-state index contributed by atoms with van der Waals surface area (Å²) in [5.74, 6) is -2.53. The largest absolute Gasteiger partial charge is 0.446 e. The van der Waals surface area contributed by atoms with Crippen LogP contribution in [0.1, 0.15) is 70.4 Å². The summed E-state index contributed by atoms with van der Waals surface area (Å²) in [4.78, 5) is 63.7. The summed E-state index contributed by atoms with van der Waals surface area (Å²) in [6, 6.07) is 10.1. The Morgan fingerprint density at radius 1 is 1.07 bits per heavy atom. The molecule has 7 rings (SSSR count). The van der Waals surface area contributed by atoms with Gasteiger partial charge in [-0.25, -0.2) is 19.2 Å². The van der Waals surface area contributed by atoms with Gasteiger partial charge in [-0.3, -0.25) is 19.3 Å². The lowest BCUT2D eigenvalue weighted by Crippen LogP contribution is -2.60. The van der Waals surface area contributed by atoms with Crippen molar-refractivity contribution in [1.82, 2.24) is 30.1 Å². The SMILES string of the molecule is C=C[C@@H]1C[C@]1(NC(=O)[C@@H]1C[C@@H](N2Cc3cccc4cccc(c34)C2)CN1C(=O)[C@@H](NC(=O)OC1CCCC1)C(C)(C)C)C(=O)NS(=O)(=O)Nc1nccs1. The van der Waals surface area contributed by atoms with E-state index in [0.29, 0.717) is 13.1 Å². The average Bonchev–Trinajstić information content (AvgIpc) is 3.59. The molecule has 288 valence electrons. The zero-order chi connectivity index (χ0) is 38.4. The molecule has 5 atom stereocenters. The molecule has 16 heteroatoms. The first kappa shape index (κ1) is 37.8. The minimum Gasteiger partial charge on any atom is -0.446 e. The van der Waals surface area contributed by atoms with Crippen molar-refractivity contribution in [3.8, 4) is 0 Å². The van der Waals surface area contributed by atoms with Gasteiger partial charge in [0.15, 0.2) is 5.13 Å². The Kier molecular flexibility index (Phi) is 10.2. The van der Waals surface area contributed by atoms with E-state index in [4.69, 9.17) is 4.74 Å². The minimum atomic E-state index is -4.38. The zero-order valence-corrected chi connectivity index (χ0v) is 32.3. The smallest absolute Gasteiger partial charge is 0.408 e. The molecule has 1 aromatic heterocycles. The van der Waals surface area contributed by atoms with Crippen molar-refractivity contribution >= 4 is 61.3 Å². The van der Waals surface area contributed by atoms with E-state index in [0.717, 1.165) is 53.5 Å². The maximum Gasteiger partial charge on any atom is 0.408 e. The fourth-order valence-electron chi connectivity index (χ4n) is 8.18. The fourth-order valence-corrected chi connectivity index (χ4v) is 9.83. The lowest BCUT2D eigenvalue weighted by atomic mass is 9.85.